The van der Waals surface area contributed by atoms with Crippen molar-refractivity contribution in [3.8, 4) is 22.5 Å². The highest BCUT2D eigenvalue weighted by atomic mass is 79.9. The highest BCUT2D eigenvalue weighted by molar-refractivity contribution is 9.10. The van der Waals surface area contributed by atoms with Crippen LogP contribution in [0, 0.1) is 0 Å². The maximum Gasteiger partial charge on any atom is 0.226 e. The highest BCUT2D eigenvalue weighted by Crippen LogP contribution is 2.39. The lowest BCUT2D eigenvalue weighted by Crippen LogP contribution is -2.08. The summed E-state index contributed by atoms with van der Waals surface area (Å²) in [6, 6.07) is 19.8. The maximum absolute atomic E-state index is 12.8. The van der Waals surface area contributed by atoms with Gasteiger partial charge in [0, 0.05) is 17.3 Å². The predicted octanol–water partition coefficient (Wildman–Crippen LogP) is 4.09. The zero-order valence-electron chi connectivity index (χ0n) is 13.0. The molecule has 0 aliphatic carbocycles. The Hall–Kier alpha value is -2.53. The lowest BCUT2D eigenvalue weighted by Gasteiger charge is -2.03. The van der Waals surface area contributed by atoms with Gasteiger partial charge in [0.25, 0.3) is 0 Å². The maximum atomic E-state index is 12.8. The summed E-state index contributed by atoms with van der Waals surface area (Å²) in [6.07, 6.45) is 1.73. The van der Waals surface area contributed by atoms with E-state index in [2.05, 4.69) is 15.9 Å². The molecule has 0 fully saturated rings. The average Bonchev–Trinajstić information content (AvgIpc) is 3.02. The Bertz CT molecular complexity index is 1090. The molecule has 116 valence electrons. The first-order valence-corrected chi connectivity index (χ1v) is 8.38. The van der Waals surface area contributed by atoms with Gasteiger partial charge < -0.3 is 8.90 Å². The van der Waals surface area contributed by atoms with E-state index in [1.54, 1.807) is 6.20 Å². The molecule has 0 bridgehead atoms. The number of hydrogen-bond donors (Lipinski definition) is 0. The molecule has 0 saturated heterocycles. The van der Waals surface area contributed by atoms with Crippen LogP contribution in [0.1, 0.15) is 0 Å². The van der Waals surface area contributed by atoms with Crippen molar-refractivity contribution in [3.63, 3.8) is 0 Å². The van der Waals surface area contributed by atoms with Crippen LogP contribution in [0.25, 0.3) is 33.6 Å². The number of aromatic nitrogens is 1. The summed E-state index contributed by atoms with van der Waals surface area (Å²) >= 11 is 3.36. The molecule has 2 aromatic carbocycles. The number of halogens is 1. The van der Waals surface area contributed by atoms with Crippen LogP contribution in [0.3, 0.4) is 0 Å². The van der Waals surface area contributed by atoms with Gasteiger partial charge in [0.2, 0.25) is 13.4 Å². The predicted molar refractivity (Wildman–Crippen MR) is 103 cm³/mol. The van der Waals surface area contributed by atoms with Crippen molar-refractivity contribution in [2.24, 2.45) is 0 Å². The van der Waals surface area contributed by atoms with Gasteiger partial charge in [-0.05, 0) is 21.5 Å². The second kappa shape index (κ2) is 5.84. The molecule has 0 aliphatic rings. The molecule has 0 aliphatic heterocycles. The van der Waals surface area contributed by atoms with Crippen molar-refractivity contribution >= 4 is 35.0 Å². The Balaban J connectivity index is 2.19. The standard InChI is InChI=1S/C19H13BBrNO2/c20-22-11-14(21)17(23)16-15(12-7-3-1-4-8-12)18(24-19(16)22)13-9-5-2-6-10-13/h1-11H,20H2. The Morgan fingerprint density at radius 2 is 1.50 bits per heavy atom. The van der Waals surface area contributed by atoms with Gasteiger partial charge in [-0.1, -0.05) is 60.7 Å². The summed E-state index contributed by atoms with van der Waals surface area (Å²) in [6.45, 7) is 0. The normalized spacial score (nSPS) is 11.0. The van der Waals surface area contributed by atoms with Gasteiger partial charge in [-0.3, -0.25) is 4.79 Å². The molecule has 0 unspecified atom stereocenters. The van der Waals surface area contributed by atoms with E-state index < -0.39 is 0 Å². The molecule has 4 rings (SSSR count). The fraction of sp³-hybridized carbons (Fsp3) is 0. The van der Waals surface area contributed by atoms with E-state index in [-0.39, 0.29) is 5.43 Å². The van der Waals surface area contributed by atoms with Crippen LogP contribution in [-0.4, -0.2) is 12.5 Å². The first-order chi connectivity index (χ1) is 11.7. The lowest BCUT2D eigenvalue weighted by molar-refractivity contribution is 0.613. The van der Waals surface area contributed by atoms with E-state index in [0.717, 1.165) is 16.7 Å². The molecular weight excluding hydrogens is 365 g/mol. The molecule has 0 spiro atoms. The van der Waals surface area contributed by atoms with Crippen LogP contribution in [0.15, 0.2) is 80.5 Å². The van der Waals surface area contributed by atoms with Crippen LogP contribution in [-0.2, 0) is 0 Å². The number of rotatable bonds is 2. The highest BCUT2D eigenvalue weighted by Gasteiger charge is 2.22. The largest absolute Gasteiger partial charge is 0.440 e. The van der Waals surface area contributed by atoms with Crippen LogP contribution in [0.2, 0.25) is 0 Å². The van der Waals surface area contributed by atoms with E-state index in [1.165, 1.54) is 0 Å². The average molecular weight is 378 g/mol. The fourth-order valence-corrected chi connectivity index (χ4v) is 3.46. The third-order valence-corrected chi connectivity index (χ3v) is 4.62. The molecule has 5 heteroatoms. The minimum Gasteiger partial charge on any atom is -0.440 e. The van der Waals surface area contributed by atoms with Crippen LogP contribution in [0.4, 0.5) is 0 Å². The number of fused-ring (bicyclic) bond motifs is 1. The summed E-state index contributed by atoms with van der Waals surface area (Å²) in [5.74, 6) is 0.711. The second-order valence-corrected chi connectivity index (χ2v) is 6.49. The smallest absolute Gasteiger partial charge is 0.226 e. The van der Waals surface area contributed by atoms with Gasteiger partial charge in [-0.25, -0.2) is 0 Å². The van der Waals surface area contributed by atoms with E-state index in [9.17, 15) is 4.79 Å². The van der Waals surface area contributed by atoms with Crippen LogP contribution < -0.4 is 5.43 Å². The zero-order chi connectivity index (χ0) is 16.7. The van der Waals surface area contributed by atoms with E-state index in [4.69, 9.17) is 4.42 Å². The Morgan fingerprint density at radius 3 is 2.12 bits per heavy atom. The summed E-state index contributed by atoms with van der Waals surface area (Å²) in [4.78, 5) is 12.8. The van der Waals surface area contributed by atoms with Crippen molar-refractivity contribution in [1.82, 2.24) is 4.48 Å². The molecule has 3 nitrogen and oxygen atoms in total. The lowest BCUT2D eigenvalue weighted by atomic mass is 9.99. The summed E-state index contributed by atoms with van der Waals surface area (Å²) in [5, 5.41) is 0.594. The molecule has 0 amide bonds. The Labute approximate surface area is 148 Å². The van der Waals surface area contributed by atoms with Crippen molar-refractivity contribution in [1.29, 1.82) is 0 Å². The summed E-state index contributed by atoms with van der Waals surface area (Å²) in [7, 11) is 1.87. The number of nitrogens with zero attached hydrogens (tertiary/aromatic N) is 1. The van der Waals surface area contributed by atoms with Gasteiger partial charge in [0.05, 0.1) is 9.86 Å². The fourth-order valence-electron chi connectivity index (χ4n) is 2.96. The number of furan rings is 1. The molecule has 0 N–H and O–H groups in total. The van der Waals surface area contributed by atoms with Gasteiger partial charge in [0.15, 0.2) is 5.71 Å². The van der Waals surface area contributed by atoms with Gasteiger partial charge in [0.1, 0.15) is 5.76 Å². The number of benzene rings is 2. The third kappa shape index (κ3) is 2.32. The van der Waals surface area contributed by atoms with Crippen molar-refractivity contribution < 1.29 is 4.42 Å². The van der Waals surface area contributed by atoms with Crippen molar-refractivity contribution in [2.45, 2.75) is 0 Å². The van der Waals surface area contributed by atoms with Crippen molar-refractivity contribution in [3.05, 3.63) is 81.6 Å². The van der Waals surface area contributed by atoms with Crippen LogP contribution in [0.5, 0.6) is 0 Å². The quantitative estimate of drug-likeness (QED) is 0.493. The second-order valence-electron chi connectivity index (χ2n) is 5.64. The molecule has 2 aromatic heterocycles. The Kier molecular flexibility index (Phi) is 3.66. The van der Waals surface area contributed by atoms with Crippen molar-refractivity contribution in [2.75, 3.05) is 0 Å². The number of pyridine rings is 1. The topological polar surface area (TPSA) is 35.1 Å². The molecule has 4 aromatic rings. The van der Waals surface area contributed by atoms with E-state index in [0.29, 0.717) is 21.3 Å². The first-order valence-electron chi connectivity index (χ1n) is 7.59. The molecule has 24 heavy (non-hydrogen) atoms. The summed E-state index contributed by atoms with van der Waals surface area (Å²) in [5.41, 5.74) is 3.25. The van der Waals surface area contributed by atoms with Gasteiger partial charge in [-0.2, -0.15) is 0 Å². The SMILES string of the molecule is Bn1cc(Br)c(=O)c2c(-c3ccccc3)c(-c3ccccc3)oc21. The van der Waals surface area contributed by atoms with Gasteiger partial charge >= 0.3 is 0 Å². The van der Waals surface area contributed by atoms with Gasteiger partial charge in [-0.15, -0.1) is 0 Å². The zero-order valence-corrected chi connectivity index (χ0v) is 14.6. The monoisotopic (exact) mass is 377 g/mol. The molecule has 0 saturated carbocycles. The Morgan fingerprint density at radius 1 is 0.917 bits per heavy atom. The van der Waals surface area contributed by atoms with Crippen LogP contribution >= 0.6 is 15.9 Å². The minimum absolute atomic E-state index is 0.0621. The molecule has 2 heterocycles. The molecular formula is C19H13BBrNO2. The molecule has 0 atom stereocenters. The third-order valence-electron chi connectivity index (χ3n) is 4.06. The first kappa shape index (κ1) is 15.0. The minimum atomic E-state index is -0.0621. The molecule has 0 radical (unpaired) electrons. The summed E-state index contributed by atoms with van der Waals surface area (Å²) < 4.78 is 8.50. The number of hydrogen-bond acceptors (Lipinski definition) is 2. The van der Waals surface area contributed by atoms with E-state index in [1.807, 2.05) is 73.1 Å². The van der Waals surface area contributed by atoms with E-state index >= 15 is 0 Å².